The molecule has 0 spiro atoms. The van der Waals surface area contributed by atoms with Crippen LogP contribution in [0.1, 0.15) is 64.7 Å². The molecule has 1 fully saturated rings. The summed E-state index contributed by atoms with van der Waals surface area (Å²) < 4.78 is 5.69. The molecule has 0 radical (unpaired) electrons. The second kappa shape index (κ2) is 11.6. The van der Waals surface area contributed by atoms with Gasteiger partial charge in [-0.1, -0.05) is 44.8 Å². The van der Waals surface area contributed by atoms with Gasteiger partial charge in [0.1, 0.15) is 6.10 Å². The molecule has 1 saturated heterocycles. The lowest BCUT2D eigenvalue weighted by Gasteiger charge is -2.18. The fourth-order valence-corrected chi connectivity index (χ4v) is 2.86. The fourth-order valence-electron chi connectivity index (χ4n) is 2.86. The maximum absolute atomic E-state index is 10.4. The van der Waals surface area contributed by atoms with Crippen LogP contribution in [0.15, 0.2) is 12.2 Å². The van der Waals surface area contributed by atoms with Crippen molar-refractivity contribution in [2.75, 3.05) is 0 Å². The summed E-state index contributed by atoms with van der Waals surface area (Å²) in [5.74, 6) is -0.752. The molecule has 0 aromatic carbocycles. The molecular weight excluding hydrogens is 312 g/mol. The van der Waals surface area contributed by atoms with Crippen LogP contribution >= 0.6 is 0 Å². The molecule has 1 aliphatic rings. The monoisotopic (exact) mass is 344 g/mol. The van der Waals surface area contributed by atoms with Crippen molar-refractivity contribution in [1.82, 2.24) is 0 Å². The average Bonchev–Trinajstić information content (AvgIpc) is 2.92. The second-order valence-electron chi connectivity index (χ2n) is 6.57. The predicted molar refractivity (Wildman–Crippen MR) is 90.7 cm³/mol. The standard InChI is InChI=1S/C18H32O6/c1-2-13(19)10-11-16-15(21)12-17(24-16)14(20)8-6-4-3-5-7-9-18(22)23/h10-11,13-17,19-21H,2-9,12H2,1H3,(H,22,23)/b11-10+/t13-,14+,15+,16+,17-/m0/s1. The molecule has 0 amide bonds. The van der Waals surface area contributed by atoms with Gasteiger partial charge in [-0.15, -0.1) is 0 Å². The predicted octanol–water partition coefficient (Wildman–Crippen LogP) is 2.01. The second-order valence-corrected chi connectivity index (χ2v) is 6.57. The molecule has 0 bridgehead atoms. The lowest BCUT2D eigenvalue weighted by molar-refractivity contribution is -0.137. The van der Waals surface area contributed by atoms with Gasteiger partial charge in [0, 0.05) is 12.8 Å². The first-order valence-electron chi connectivity index (χ1n) is 9.03. The van der Waals surface area contributed by atoms with E-state index in [1.54, 1.807) is 12.2 Å². The largest absolute Gasteiger partial charge is 0.481 e. The molecule has 1 heterocycles. The lowest BCUT2D eigenvalue weighted by atomic mass is 10.0. The highest BCUT2D eigenvalue weighted by Gasteiger charge is 2.36. The molecule has 5 atom stereocenters. The molecule has 1 aliphatic heterocycles. The number of carboxylic acids is 1. The molecule has 0 aromatic heterocycles. The molecule has 0 saturated carbocycles. The van der Waals surface area contributed by atoms with Gasteiger partial charge in [-0.25, -0.2) is 0 Å². The molecule has 24 heavy (non-hydrogen) atoms. The van der Waals surface area contributed by atoms with Crippen LogP contribution in [0.5, 0.6) is 0 Å². The Balaban J connectivity index is 2.18. The highest BCUT2D eigenvalue weighted by molar-refractivity contribution is 5.66. The Bertz CT molecular complexity index is 384. The van der Waals surface area contributed by atoms with Gasteiger partial charge >= 0.3 is 5.97 Å². The molecule has 1 rings (SSSR count). The van der Waals surface area contributed by atoms with E-state index in [9.17, 15) is 20.1 Å². The van der Waals surface area contributed by atoms with Crippen LogP contribution in [0.3, 0.4) is 0 Å². The third-order valence-electron chi connectivity index (χ3n) is 4.45. The van der Waals surface area contributed by atoms with Crippen LogP contribution in [0.2, 0.25) is 0 Å². The number of aliphatic hydroxyl groups excluding tert-OH is 3. The van der Waals surface area contributed by atoms with Gasteiger partial charge in [-0.2, -0.15) is 0 Å². The van der Waals surface area contributed by atoms with E-state index in [2.05, 4.69) is 0 Å². The van der Waals surface area contributed by atoms with Gasteiger partial charge in [-0.05, 0) is 19.3 Å². The maximum Gasteiger partial charge on any atom is 0.303 e. The summed E-state index contributed by atoms with van der Waals surface area (Å²) in [5.41, 5.74) is 0. The Morgan fingerprint density at radius 2 is 1.88 bits per heavy atom. The number of ether oxygens (including phenoxy) is 1. The van der Waals surface area contributed by atoms with Gasteiger partial charge < -0.3 is 25.2 Å². The summed E-state index contributed by atoms with van der Waals surface area (Å²) >= 11 is 0. The first-order chi connectivity index (χ1) is 11.4. The van der Waals surface area contributed by atoms with E-state index in [1.165, 1.54) is 0 Å². The minimum absolute atomic E-state index is 0.220. The highest BCUT2D eigenvalue weighted by Crippen LogP contribution is 2.26. The zero-order valence-electron chi connectivity index (χ0n) is 14.5. The van der Waals surface area contributed by atoms with Crippen molar-refractivity contribution in [1.29, 1.82) is 0 Å². The number of aliphatic hydroxyl groups is 3. The highest BCUT2D eigenvalue weighted by atomic mass is 16.5. The fraction of sp³-hybridized carbons (Fsp3) is 0.833. The van der Waals surface area contributed by atoms with Crippen molar-refractivity contribution in [3.05, 3.63) is 12.2 Å². The van der Waals surface area contributed by atoms with E-state index >= 15 is 0 Å². The van der Waals surface area contributed by atoms with Crippen LogP contribution in [-0.2, 0) is 9.53 Å². The summed E-state index contributed by atoms with van der Waals surface area (Å²) in [6.07, 6.45) is 6.89. The first kappa shape index (κ1) is 21.1. The Hall–Kier alpha value is -0.950. The quantitative estimate of drug-likeness (QED) is 0.319. The Morgan fingerprint density at radius 1 is 1.21 bits per heavy atom. The minimum Gasteiger partial charge on any atom is -0.481 e. The Morgan fingerprint density at radius 3 is 2.54 bits per heavy atom. The molecule has 0 unspecified atom stereocenters. The zero-order chi connectivity index (χ0) is 17.9. The molecule has 6 heteroatoms. The molecule has 6 nitrogen and oxygen atoms in total. The third-order valence-corrected chi connectivity index (χ3v) is 4.45. The summed E-state index contributed by atoms with van der Waals surface area (Å²) in [5, 5.41) is 38.2. The summed E-state index contributed by atoms with van der Waals surface area (Å²) in [6.45, 7) is 1.87. The smallest absolute Gasteiger partial charge is 0.303 e. The number of carboxylic acid groups (broad SMARTS) is 1. The van der Waals surface area contributed by atoms with Crippen LogP contribution in [-0.4, -0.2) is 56.9 Å². The van der Waals surface area contributed by atoms with Crippen LogP contribution in [0.25, 0.3) is 0 Å². The summed E-state index contributed by atoms with van der Waals surface area (Å²) in [7, 11) is 0. The molecule has 0 aromatic rings. The summed E-state index contributed by atoms with van der Waals surface area (Å²) in [4.78, 5) is 10.4. The topological polar surface area (TPSA) is 107 Å². The number of hydrogen-bond acceptors (Lipinski definition) is 5. The molecule has 140 valence electrons. The van der Waals surface area contributed by atoms with Crippen molar-refractivity contribution < 1.29 is 30.0 Å². The van der Waals surface area contributed by atoms with Crippen molar-refractivity contribution in [2.45, 2.75) is 95.2 Å². The Labute approximate surface area is 144 Å². The van der Waals surface area contributed by atoms with Gasteiger partial charge in [0.2, 0.25) is 0 Å². The van der Waals surface area contributed by atoms with Crippen molar-refractivity contribution in [3.63, 3.8) is 0 Å². The number of carbonyl (C=O) groups is 1. The van der Waals surface area contributed by atoms with E-state index < -0.39 is 30.4 Å². The SMILES string of the molecule is CC[C@H](O)/C=C/[C@H]1O[C@H]([C@H](O)CCCCCCCC(=O)O)C[C@H]1O. The van der Waals surface area contributed by atoms with Crippen molar-refractivity contribution in [2.24, 2.45) is 0 Å². The third kappa shape index (κ3) is 8.24. The number of unbranched alkanes of at least 4 members (excludes halogenated alkanes) is 4. The first-order valence-corrected chi connectivity index (χ1v) is 9.03. The maximum atomic E-state index is 10.4. The van der Waals surface area contributed by atoms with Gasteiger partial charge in [0.25, 0.3) is 0 Å². The van der Waals surface area contributed by atoms with E-state index in [1.807, 2.05) is 6.92 Å². The lowest BCUT2D eigenvalue weighted by Crippen LogP contribution is -2.26. The van der Waals surface area contributed by atoms with E-state index in [0.29, 0.717) is 25.7 Å². The van der Waals surface area contributed by atoms with Crippen molar-refractivity contribution >= 4 is 5.97 Å². The zero-order valence-corrected chi connectivity index (χ0v) is 14.5. The number of hydrogen-bond donors (Lipinski definition) is 4. The van der Waals surface area contributed by atoms with E-state index in [0.717, 1.165) is 25.7 Å². The van der Waals surface area contributed by atoms with Crippen molar-refractivity contribution in [3.8, 4) is 0 Å². The molecular formula is C18H32O6. The average molecular weight is 344 g/mol. The van der Waals surface area contributed by atoms with Crippen LogP contribution < -0.4 is 0 Å². The molecule has 4 N–H and O–H groups in total. The molecule has 0 aliphatic carbocycles. The van der Waals surface area contributed by atoms with Gasteiger partial charge in [0.05, 0.1) is 24.4 Å². The normalized spacial score (nSPS) is 26.8. The van der Waals surface area contributed by atoms with Gasteiger partial charge in [0.15, 0.2) is 0 Å². The van der Waals surface area contributed by atoms with Crippen LogP contribution in [0, 0.1) is 0 Å². The minimum atomic E-state index is -0.752. The van der Waals surface area contributed by atoms with Gasteiger partial charge in [-0.3, -0.25) is 4.79 Å². The number of aliphatic carboxylic acids is 1. The number of rotatable bonds is 12. The van der Waals surface area contributed by atoms with E-state index in [-0.39, 0.29) is 12.5 Å². The van der Waals surface area contributed by atoms with Crippen LogP contribution in [0.4, 0.5) is 0 Å². The Kier molecular flexibility index (Phi) is 10.2. The summed E-state index contributed by atoms with van der Waals surface area (Å²) in [6, 6.07) is 0. The van der Waals surface area contributed by atoms with E-state index in [4.69, 9.17) is 9.84 Å².